The molecule has 5 rings (SSSR count). The van der Waals surface area contributed by atoms with Gasteiger partial charge in [0.25, 0.3) is 0 Å². The van der Waals surface area contributed by atoms with Gasteiger partial charge in [-0.15, -0.1) is 0 Å². The van der Waals surface area contributed by atoms with Gasteiger partial charge in [0.1, 0.15) is 0 Å². The van der Waals surface area contributed by atoms with Crippen molar-refractivity contribution in [1.82, 2.24) is 14.9 Å². The molecule has 182 valence electrons. The molecule has 0 saturated carbocycles. The number of benzene rings is 2. The highest BCUT2D eigenvalue weighted by Crippen LogP contribution is 2.43. The van der Waals surface area contributed by atoms with Crippen molar-refractivity contribution in [2.24, 2.45) is 5.92 Å². The van der Waals surface area contributed by atoms with Gasteiger partial charge < -0.3 is 20.1 Å². The van der Waals surface area contributed by atoms with E-state index in [0.717, 1.165) is 22.6 Å². The van der Waals surface area contributed by atoms with Crippen molar-refractivity contribution < 1.29 is 4.79 Å². The molecule has 1 saturated heterocycles. The average Bonchev–Trinajstić information content (AvgIpc) is 3.51. The number of carbonyl (C=O) groups is 1. The Morgan fingerprint density at radius 3 is 2.53 bits per heavy atom. The van der Waals surface area contributed by atoms with Crippen LogP contribution in [0.15, 0.2) is 91.4 Å². The summed E-state index contributed by atoms with van der Waals surface area (Å²) in [5, 5.41) is 7.39. The van der Waals surface area contributed by atoms with E-state index in [-0.39, 0.29) is 23.9 Å². The molecule has 0 unspecified atom stereocenters. The third-order valence-electron chi connectivity index (χ3n) is 6.22. The lowest BCUT2D eigenvalue weighted by Gasteiger charge is -2.27. The summed E-state index contributed by atoms with van der Waals surface area (Å²) in [6.45, 7) is 3.69. The summed E-state index contributed by atoms with van der Waals surface area (Å²) in [5.41, 5.74) is 4.45. The SMILES string of the molecule is CC(C)C(=O)Nc1ccc(N2C(=S)N[C@H](c3ccccn3)[C@H]2c2ccn(-c3ccccc3)c2)cc1Cl. The topological polar surface area (TPSA) is 62.2 Å². The number of carbonyl (C=O) groups excluding carboxylic acids is 1. The van der Waals surface area contributed by atoms with Crippen LogP contribution in [0.25, 0.3) is 5.69 Å². The number of nitrogens with one attached hydrogen (secondary N) is 2. The van der Waals surface area contributed by atoms with Crippen LogP contribution in [0.5, 0.6) is 0 Å². The number of pyridine rings is 1. The van der Waals surface area contributed by atoms with Gasteiger partial charge in [-0.25, -0.2) is 0 Å². The Kier molecular flexibility index (Phi) is 6.76. The first-order chi connectivity index (χ1) is 17.4. The van der Waals surface area contributed by atoms with E-state index in [1.807, 2.05) is 68.4 Å². The third-order valence-corrected chi connectivity index (χ3v) is 6.85. The maximum atomic E-state index is 12.2. The second kappa shape index (κ2) is 10.1. The van der Waals surface area contributed by atoms with Gasteiger partial charge in [0.15, 0.2) is 5.11 Å². The number of hydrogen-bond acceptors (Lipinski definition) is 3. The summed E-state index contributed by atoms with van der Waals surface area (Å²) in [6, 6.07) is 23.4. The minimum absolute atomic E-state index is 0.0849. The van der Waals surface area contributed by atoms with Gasteiger partial charge in [0.05, 0.1) is 28.5 Å². The van der Waals surface area contributed by atoms with Crippen LogP contribution in [0.4, 0.5) is 11.4 Å². The Morgan fingerprint density at radius 2 is 1.83 bits per heavy atom. The molecule has 0 bridgehead atoms. The lowest BCUT2D eigenvalue weighted by atomic mass is 9.98. The fourth-order valence-corrected chi connectivity index (χ4v) is 4.92. The summed E-state index contributed by atoms with van der Waals surface area (Å²) in [6.07, 6.45) is 5.96. The molecule has 2 aromatic carbocycles. The van der Waals surface area contributed by atoms with Crippen molar-refractivity contribution in [2.45, 2.75) is 25.9 Å². The van der Waals surface area contributed by atoms with E-state index in [0.29, 0.717) is 15.8 Å². The van der Waals surface area contributed by atoms with Gasteiger partial charge in [-0.1, -0.05) is 49.7 Å². The molecule has 0 aliphatic carbocycles. The number of aromatic nitrogens is 2. The Morgan fingerprint density at radius 1 is 1.06 bits per heavy atom. The summed E-state index contributed by atoms with van der Waals surface area (Å²) in [4.78, 5) is 18.9. The normalized spacial score (nSPS) is 17.3. The van der Waals surface area contributed by atoms with Crippen LogP contribution >= 0.6 is 23.8 Å². The second-order valence-corrected chi connectivity index (χ2v) is 9.79. The minimum atomic E-state index is -0.163. The number of amides is 1. The average molecular weight is 516 g/mol. The number of rotatable bonds is 6. The molecule has 2 aromatic heterocycles. The summed E-state index contributed by atoms with van der Waals surface area (Å²) >= 11 is 12.4. The molecule has 36 heavy (non-hydrogen) atoms. The van der Waals surface area contributed by atoms with E-state index < -0.39 is 0 Å². The smallest absolute Gasteiger partial charge is 0.226 e. The van der Waals surface area contributed by atoms with E-state index in [1.54, 1.807) is 6.20 Å². The molecule has 0 spiro atoms. The highest BCUT2D eigenvalue weighted by atomic mass is 35.5. The largest absolute Gasteiger partial charge is 0.351 e. The number of para-hydroxylation sites is 1. The maximum Gasteiger partial charge on any atom is 0.226 e. The number of hydrogen-bond donors (Lipinski definition) is 2. The van der Waals surface area contributed by atoms with Crippen LogP contribution in [-0.2, 0) is 4.79 Å². The lowest BCUT2D eigenvalue weighted by Crippen LogP contribution is -2.29. The summed E-state index contributed by atoms with van der Waals surface area (Å²) in [7, 11) is 0. The van der Waals surface area contributed by atoms with Gasteiger partial charge in [-0.3, -0.25) is 9.78 Å². The molecule has 0 radical (unpaired) electrons. The molecule has 4 aromatic rings. The van der Waals surface area contributed by atoms with Gasteiger partial charge in [0.2, 0.25) is 5.91 Å². The quantitative estimate of drug-likeness (QED) is 0.295. The Hall–Kier alpha value is -3.68. The van der Waals surface area contributed by atoms with Crippen molar-refractivity contribution in [3.05, 3.63) is 108 Å². The van der Waals surface area contributed by atoms with E-state index in [9.17, 15) is 4.79 Å². The fraction of sp³-hybridized carbons (Fsp3) is 0.179. The summed E-state index contributed by atoms with van der Waals surface area (Å²) in [5.74, 6) is -0.230. The molecule has 2 N–H and O–H groups in total. The van der Waals surface area contributed by atoms with E-state index >= 15 is 0 Å². The highest BCUT2D eigenvalue weighted by molar-refractivity contribution is 7.80. The van der Waals surface area contributed by atoms with Gasteiger partial charge >= 0.3 is 0 Å². The standard InChI is InChI=1S/C28H26ClN5OS/c1-18(2)27(35)31-23-12-11-21(16-22(23)29)34-26(25(32-28(34)36)24-10-6-7-14-30-24)19-13-15-33(17-19)20-8-4-3-5-9-20/h3-18,25-26H,1-2H3,(H,31,35)(H,32,36)/t25-,26-/m1/s1. The Labute approximate surface area is 220 Å². The molecule has 1 fully saturated rings. The van der Waals surface area contributed by atoms with Crippen molar-refractivity contribution in [2.75, 3.05) is 10.2 Å². The molecular weight excluding hydrogens is 490 g/mol. The zero-order chi connectivity index (χ0) is 25.2. The van der Waals surface area contributed by atoms with Crippen molar-refractivity contribution >= 4 is 46.2 Å². The van der Waals surface area contributed by atoms with Crippen LogP contribution in [0, 0.1) is 5.92 Å². The van der Waals surface area contributed by atoms with Crippen molar-refractivity contribution in [3.8, 4) is 5.69 Å². The molecule has 1 aliphatic rings. The zero-order valence-electron chi connectivity index (χ0n) is 19.9. The van der Waals surface area contributed by atoms with E-state index in [1.165, 1.54) is 0 Å². The number of anilines is 2. The zero-order valence-corrected chi connectivity index (χ0v) is 21.5. The van der Waals surface area contributed by atoms with Crippen molar-refractivity contribution in [3.63, 3.8) is 0 Å². The fourth-order valence-electron chi connectivity index (χ4n) is 4.35. The van der Waals surface area contributed by atoms with Crippen LogP contribution in [0.1, 0.15) is 37.2 Å². The van der Waals surface area contributed by atoms with Crippen LogP contribution < -0.4 is 15.5 Å². The van der Waals surface area contributed by atoms with Crippen LogP contribution in [-0.4, -0.2) is 20.6 Å². The molecule has 1 amide bonds. The first kappa shape index (κ1) is 24.0. The first-order valence-corrected chi connectivity index (χ1v) is 12.6. The second-order valence-electron chi connectivity index (χ2n) is 8.99. The molecule has 1 aliphatic heterocycles. The van der Waals surface area contributed by atoms with E-state index in [4.69, 9.17) is 23.8 Å². The number of thiocarbonyl (C=S) groups is 1. The highest BCUT2D eigenvalue weighted by Gasteiger charge is 2.41. The van der Waals surface area contributed by atoms with E-state index in [2.05, 4.69) is 55.7 Å². The monoisotopic (exact) mass is 515 g/mol. The molecule has 8 heteroatoms. The van der Waals surface area contributed by atoms with Gasteiger partial charge in [-0.05, 0) is 66.3 Å². The number of halogens is 1. The summed E-state index contributed by atoms with van der Waals surface area (Å²) < 4.78 is 2.10. The maximum absolute atomic E-state index is 12.2. The molecule has 2 atom stereocenters. The van der Waals surface area contributed by atoms with Gasteiger partial charge in [-0.2, -0.15) is 0 Å². The minimum Gasteiger partial charge on any atom is -0.351 e. The predicted octanol–water partition coefficient (Wildman–Crippen LogP) is 6.30. The lowest BCUT2D eigenvalue weighted by molar-refractivity contribution is -0.118. The molecular formula is C28H26ClN5OS. The number of nitrogens with zero attached hydrogens (tertiary/aromatic N) is 3. The predicted molar refractivity (Wildman–Crippen MR) is 149 cm³/mol. The van der Waals surface area contributed by atoms with Crippen LogP contribution in [0.2, 0.25) is 5.02 Å². The molecule has 3 heterocycles. The third kappa shape index (κ3) is 4.72. The Bertz CT molecular complexity index is 1390. The first-order valence-electron chi connectivity index (χ1n) is 11.8. The Balaban J connectivity index is 1.54. The van der Waals surface area contributed by atoms with Gasteiger partial charge in [0, 0.05) is 35.9 Å². The van der Waals surface area contributed by atoms with Crippen LogP contribution in [0.3, 0.4) is 0 Å². The van der Waals surface area contributed by atoms with Crippen molar-refractivity contribution in [1.29, 1.82) is 0 Å². The molecule has 6 nitrogen and oxygen atoms in total.